The Hall–Kier alpha value is -3.59. The summed E-state index contributed by atoms with van der Waals surface area (Å²) in [7, 11) is 1.58. The number of nitrogens with one attached hydrogen (secondary N) is 2. The number of aromatic nitrogens is 3. The van der Waals surface area contributed by atoms with Gasteiger partial charge in [-0.15, -0.1) is 16.8 Å². The zero-order valence-electron chi connectivity index (χ0n) is 19.6. The van der Waals surface area contributed by atoms with Gasteiger partial charge in [-0.05, 0) is 48.7 Å². The minimum Gasteiger partial charge on any atom is -0.497 e. The molecule has 0 aliphatic rings. The van der Waals surface area contributed by atoms with Gasteiger partial charge in [0.25, 0.3) is 5.91 Å². The molecule has 0 fully saturated rings. The molecular weight excluding hydrogens is 450 g/mol. The maximum Gasteiger partial charge on any atom is 0.251 e. The highest BCUT2D eigenvalue weighted by molar-refractivity contribution is 7.99. The van der Waals surface area contributed by atoms with Crippen molar-refractivity contribution in [3.8, 4) is 5.75 Å². The number of anilines is 1. The molecule has 0 aliphatic heterocycles. The smallest absolute Gasteiger partial charge is 0.251 e. The first-order valence-corrected chi connectivity index (χ1v) is 11.9. The van der Waals surface area contributed by atoms with Crippen LogP contribution in [0.2, 0.25) is 0 Å². The van der Waals surface area contributed by atoms with Crippen molar-refractivity contribution in [2.75, 3.05) is 18.2 Å². The zero-order chi connectivity index (χ0) is 24.5. The number of ether oxygens (including phenoxy) is 1. The average molecular weight is 480 g/mol. The number of aryl methyl sites for hydroxylation is 2. The number of hydrogen-bond donors (Lipinski definition) is 2. The number of allylic oxidation sites excluding steroid dienone is 1. The van der Waals surface area contributed by atoms with Crippen LogP contribution < -0.4 is 15.4 Å². The molecule has 34 heavy (non-hydrogen) atoms. The highest BCUT2D eigenvalue weighted by Gasteiger charge is 2.16. The molecule has 0 atom stereocenters. The third-order valence-electron chi connectivity index (χ3n) is 5.20. The number of carbonyl (C=O) groups excluding carboxylic acids is 2. The van der Waals surface area contributed by atoms with Crippen LogP contribution in [0.4, 0.5) is 5.69 Å². The first-order valence-electron chi connectivity index (χ1n) is 10.9. The first-order chi connectivity index (χ1) is 16.5. The lowest BCUT2D eigenvalue weighted by Gasteiger charge is -2.13. The average Bonchev–Trinajstić information content (AvgIpc) is 3.24. The summed E-state index contributed by atoms with van der Waals surface area (Å²) in [5.41, 5.74) is 3.51. The van der Waals surface area contributed by atoms with E-state index in [1.165, 1.54) is 11.8 Å². The zero-order valence-corrected chi connectivity index (χ0v) is 20.4. The Morgan fingerprint density at radius 3 is 2.62 bits per heavy atom. The van der Waals surface area contributed by atoms with Gasteiger partial charge in [-0.3, -0.25) is 9.59 Å². The van der Waals surface area contributed by atoms with Gasteiger partial charge >= 0.3 is 0 Å². The molecule has 0 aliphatic carbocycles. The molecule has 0 saturated heterocycles. The highest BCUT2D eigenvalue weighted by atomic mass is 32.2. The number of nitrogens with zero attached hydrogens (tertiary/aromatic N) is 3. The van der Waals surface area contributed by atoms with E-state index in [0.29, 0.717) is 28.8 Å². The molecule has 9 heteroatoms. The van der Waals surface area contributed by atoms with Gasteiger partial charge in [0.2, 0.25) is 5.91 Å². The number of methoxy groups -OCH3 is 1. The van der Waals surface area contributed by atoms with Crippen molar-refractivity contribution in [3.05, 3.63) is 77.6 Å². The van der Waals surface area contributed by atoms with Crippen molar-refractivity contribution in [2.24, 2.45) is 0 Å². The van der Waals surface area contributed by atoms with Crippen molar-refractivity contribution < 1.29 is 14.3 Å². The third kappa shape index (κ3) is 6.26. The molecule has 1 heterocycles. The summed E-state index contributed by atoms with van der Waals surface area (Å²) in [6.45, 7) is 8.49. The van der Waals surface area contributed by atoms with Gasteiger partial charge in [0, 0.05) is 17.8 Å². The van der Waals surface area contributed by atoms with E-state index in [2.05, 4.69) is 34.3 Å². The summed E-state index contributed by atoms with van der Waals surface area (Å²) in [6, 6.07) is 12.8. The van der Waals surface area contributed by atoms with Gasteiger partial charge in [0.05, 0.1) is 19.4 Å². The van der Waals surface area contributed by atoms with Crippen LogP contribution in [0.3, 0.4) is 0 Å². The van der Waals surface area contributed by atoms with E-state index in [-0.39, 0.29) is 24.1 Å². The predicted octanol–water partition coefficient (Wildman–Crippen LogP) is 4.00. The molecule has 2 N–H and O–H groups in total. The minimum absolute atomic E-state index is 0.114. The van der Waals surface area contributed by atoms with Crippen molar-refractivity contribution in [1.82, 2.24) is 20.1 Å². The molecule has 0 saturated carbocycles. The molecular formula is C25H29N5O3S. The molecule has 0 spiro atoms. The minimum atomic E-state index is -0.227. The van der Waals surface area contributed by atoms with Crippen LogP contribution in [0.15, 0.2) is 60.3 Å². The van der Waals surface area contributed by atoms with E-state index in [4.69, 9.17) is 4.74 Å². The second-order valence-corrected chi connectivity index (χ2v) is 8.45. The summed E-state index contributed by atoms with van der Waals surface area (Å²) in [4.78, 5) is 25.1. The Bertz CT molecular complexity index is 1160. The van der Waals surface area contributed by atoms with Crippen LogP contribution in [0, 0.1) is 6.92 Å². The van der Waals surface area contributed by atoms with E-state index in [1.807, 2.05) is 29.7 Å². The molecule has 2 aromatic carbocycles. The molecule has 1 aromatic heterocycles. The number of para-hydroxylation sites is 1. The fourth-order valence-corrected chi connectivity index (χ4v) is 4.15. The van der Waals surface area contributed by atoms with Gasteiger partial charge in [-0.1, -0.05) is 43.0 Å². The lowest BCUT2D eigenvalue weighted by Crippen LogP contribution is -2.24. The normalized spacial score (nSPS) is 10.6. The lowest BCUT2D eigenvalue weighted by molar-refractivity contribution is -0.113. The second kappa shape index (κ2) is 12.0. The topological polar surface area (TPSA) is 98.1 Å². The summed E-state index contributed by atoms with van der Waals surface area (Å²) in [5, 5.41) is 14.9. The van der Waals surface area contributed by atoms with E-state index >= 15 is 0 Å². The van der Waals surface area contributed by atoms with Crippen LogP contribution in [0.1, 0.15) is 34.2 Å². The number of benzene rings is 2. The largest absolute Gasteiger partial charge is 0.497 e. The Morgan fingerprint density at radius 2 is 1.94 bits per heavy atom. The number of rotatable bonds is 11. The monoisotopic (exact) mass is 479 g/mol. The predicted molar refractivity (Wildman–Crippen MR) is 134 cm³/mol. The maximum absolute atomic E-state index is 12.6. The molecule has 0 radical (unpaired) electrons. The third-order valence-corrected chi connectivity index (χ3v) is 6.17. The quantitative estimate of drug-likeness (QED) is 0.319. The van der Waals surface area contributed by atoms with Crippen LogP contribution in [-0.2, 0) is 24.3 Å². The molecule has 8 nitrogen and oxygen atoms in total. The van der Waals surface area contributed by atoms with Gasteiger partial charge in [-0.2, -0.15) is 0 Å². The van der Waals surface area contributed by atoms with Gasteiger partial charge in [0.1, 0.15) is 5.75 Å². The molecule has 0 bridgehead atoms. The number of amides is 2. The molecule has 2 amide bonds. The van der Waals surface area contributed by atoms with E-state index in [9.17, 15) is 9.59 Å². The Kier molecular flexibility index (Phi) is 8.86. The number of carbonyl (C=O) groups is 2. The van der Waals surface area contributed by atoms with E-state index in [1.54, 1.807) is 37.5 Å². The summed E-state index contributed by atoms with van der Waals surface area (Å²) in [6.07, 6.45) is 2.56. The van der Waals surface area contributed by atoms with Crippen molar-refractivity contribution in [1.29, 1.82) is 0 Å². The van der Waals surface area contributed by atoms with E-state index in [0.717, 1.165) is 23.2 Å². The number of hydrogen-bond acceptors (Lipinski definition) is 6. The van der Waals surface area contributed by atoms with E-state index < -0.39 is 0 Å². The summed E-state index contributed by atoms with van der Waals surface area (Å²) >= 11 is 1.29. The first kappa shape index (κ1) is 25.0. The Morgan fingerprint density at radius 1 is 1.18 bits per heavy atom. The van der Waals surface area contributed by atoms with Gasteiger partial charge in [-0.25, -0.2) is 0 Å². The van der Waals surface area contributed by atoms with Crippen molar-refractivity contribution in [2.45, 2.75) is 38.5 Å². The highest BCUT2D eigenvalue weighted by Crippen LogP contribution is 2.23. The van der Waals surface area contributed by atoms with Crippen LogP contribution >= 0.6 is 11.8 Å². The fraction of sp³-hybridized carbons (Fsp3) is 0.280. The maximum atomic E-state index is 12.6. The summed E-state index contributed by atoms with van der Waals surface area (Å²) < 4.78 is 6.96. The van der Waals surface area contributed by atoms with Gasteiger partial charge in [0.15, 0.2) is 11.0 Å². The standard InChI is InChI=1S/C25H29N5O3S/c1-5-14-30-21(15-26-24(32)19-10-12-20(33-4)13-11-19)28-29-25(30)34-16-22(31)27-23-17(3)8-7-9-18(23)6-2/h5,7-13H,1,6,14-16H2,2-4H3,(H,26,32)(H,27,31). The van der Waals surface area contributed by atoms with Crippen LogP contribution in [-0.4, -0.2) is 39.4 Å². The SMILES string of the molecule is C=CCn1c(CNC(=O)c2ccc(OC)cc2)nnc1SCC(=O)Nc1c(C)cccc1CC. The van der Waals surface area contributed by atoms with Crippen molar-refractivity contribution in [3.63, 3.8) is 0 Å². The molecule has 3 aromatic rings. The van der Waals surface area contributed by atoms with Crippen LogP contribution in [0.5, 0.6) is 5.75 Å². The molecule has 0 unspecified atom stereocenters. The van der Waals surface area contributed by atoms with Crippen molar-refractivity contribution >= 4 is 29.3 Å². The lowest BCUT2D eigenvalue weighted by atomic mass is 10.1. The summed E-state index contributed by atoms with van der Waals surface area (Å²) in [5.74, 6) is 1.11. The van der Waals surface area contributed by atoms with Gasteiger partial charge < -0.3 is 19.9 Å². The molecule has 3 rings (SSSR count). The Labute approximate surface area is 203 Å². The van der Waals surface area contributed by atoms with Crippen LogP contribution in [0.25, 0.3) is 0 Å². The Balaban J connectivity index is 1.62. The fourth-order valence-electron chi connectivity index (χ4n) is 3.38. The molecule has 178 valence electrons. The number of thioether (sulfide) groups is 1. The second-order valence-electron chi connectivity index (χ2n) is 7.51.